The normalized spacial score (nSPS) is 18.4. The highest BCUT2D eigenvalue weighted by atomic mass is 35.5. The number of aromatic nitrogens is 1. The number of nitrogens with zero attached hydrogens (tertiary/aromatic N) is 2. The molecule has 1 N–H and O–H groups in total. The highest BCUT2D eigenvalue weighted by Gasteiger charge is 2.24. The average Bonchev–Trinajstić information content (AvgIpc) is 2.75. The molecule has 0 spiro atoms. The van der Waals surface area contributed by atoms with Gasteiger partial charge in [-0.2, -0.15) is 0 Å². The van der Waals surface area contributed by atoms with E-state index in [0.717, 1.165) is 44.5 Å². The van der Waals surface area contributed by atoms with Crippen molar-refractivity contribution in [2.75, 3.05) is 13.1 Å². The highest BCUT2D eigenvalue weighted by Crippen LogP contribution is 2.17. The largest absolute Gasteiger partial charge is 0.334 e. The van der Waals surface area contributed by atoms with E-state index in [4.69, 9.17) is 0 Å². The van der Waals surface area contributed by atoms with Crippen LogP contribution in [0.5, 0.6) is 0 Å². The lowest BCUT2D eigenvalue weighted by Crippen LogP contribution is -2.40. The van der Waals surface area contributed by atoms with Crippen LogP contribution in [0.2, 0.25) is 0 Å². The number of carbonyl (C=O) groups excluding carboxylic acids is 1. The predicted octanol–water partition coefficient (Wildman–Crippen LogP) is 2.77. The maximum atomic E-state index is 12.4. The molecule has 1 aromatic heterocycles. The molecule has 0 aromatic carbocycles. The molecule has 5 heteroatoms. The van der Waals surface area contributed by atoms with Crippen LogP contribution in [0, 0.1) is 0 Å². The quantitative estimate of drug-likeness (QED) is 0.909. The Hall–Kier alpha value is -1.13. The summed E-state index contributed by atoms with van der Waals surface area (Å²) in [6.45, 7) is 4.77. The van der Waals surface area contributed by atoms with Crippen LogP contribution >= 0.6 is 12.4 Å². The number of nitrogens with one attached hydrogen (secondary N) is 1. The SMILES string of the molecule is CCCC(=O)N(Cc1ccccn1)C1CCCNCC1.Cl. The first-order valence-corrected chi connectivity index (χ1v) is 7.71. The molecule has 1 amide bonds. The predicted molar refractivity (Wildman–Crippen MR) is 87.5 cm³/mol. The number of carbonyl (C=O) groups is 1. The van der Waals surface area contributed by atoms with E-state index in [1.54, 1.807) is 6.20 Å². The third-order valence-corrected chi connectivity index (χ3v) is 3.83. The van der Waals surface area contributed by atoms with Crippen molar-refractivity contribution in [3.63, 3.8) is 0 Å². The summed E-state index contributed by atoms with van der Waals surface area (Å²) in [5.41, 5.74) is 0.981. The van der Waals surface area contributed by atoms with Gasteiger partial charge in [0.15, 0.2) is 0 Å². The molecule has 1 fully saturated rings. The van der Waals surface area contributed by atoms with E-state index >= 15 is 0 Å². The second kappa shape index (κ2) is 9.74. The van der Waals surface area contributed by atoms with Crippen LogP contribution in [0.4, 0.5) is 0 Å². The van der Waals surface area contributed by atoms with Crippen molar-refractivity contribution in [3.05, 3.63) is 30.1 Å². The summed E-state index contributed by atoms with van der Waals surface area (Å²) >= 11 is 0. The fourth-order valence-electron chi connectivity index (χ4n) is 2.76. The second-order valence-electron chi connectivity index (χ2n) is 5.43. The van der Waals surface area contributed by atoms with Gasteiger partial charge in [-0.05, 0) is 50.9 Å². The van der Waals surface area contributed by atoms with E-state index < -0.39 is 0 Å². The summed E-state index contributed by atoms with van der Waals surface area (Å²) in [4.78, 5) is 18.9. The third-order valence-electron chi connectivity index (χ3n) is 3.83. The molecule has 0 radical (unpaired) electrons. The molecule has 4 nitrogen and oxygen atoms in total. The fraction of sp³-hybridized carbons (Fsp3) is 0.625. The van der Waals surface area contributed by atoms with Crippen LogP contribution in [0.3, 0.4) is 0 Å². The number of hydrogen-bond acceptors (Lipinski definition) is 3. The zero-order valence-electron chi connectivity index (χ0n) is 12.8. The first-order valence-electron chi connectivity index (χ1n) is 7.71. The molecule has 1 saturated heterocycles. The van der Waals surface area contributed by atoms with Gasteiger partial charge in [0.2, 0.25) is 5.91 Å². The fourth-order valence-corrected chi connectivity index (χ4v) is 2.76. The second-order valence-corrected chi connectivity index (χ2v) is 5.43. The lowest BCUT2D eigenvalue weighted by Gasteiger charge is -2.31. The van der Waals surface area contributed by atoms with Gasteiger partial charge in [0.25, 0.3) is 0 Å². The van der Waals surface area contributed by atoms with Crippen molar-refractivity contribution >= 4 is 18.3 Å². The van der Waals surface area contributed by atoms with Gasteiger partial charge in [0, 0.05) is 18.7 Å². The molecule has 1 aromatic rings. The molecule has 2 heterocycles. The molecule has 1 aliphatic heterocycles. The minimum absolute atomic E-state index is 0. The zero-order valence-corrected chi connectivity index (χ0v) is 13.6. The number of halogens is 1. The number of pyridine rings is 1. The summed E-state index contributed by atoms with van der Waals surface area (Å²) < 4.78 is 0. The van der Waals surface area contributed by atoms with Crippen molar-refractivity contribution in [1.29, 1.82) is 0 Å². The Morgan fingerprint density at radius 1 is 1.38 bits per heavy atom. The zero-order chi connectivity index (χ0) is 14.2. The Bertz CT molecular complexity index is 405. The minimum atomic E-state index is 0. The van der Waals surface area contributed by atoms with Crippen molar-refractivity contribution in [1.82, 2.24) is 15.2 Å². The van der Waals surface area contributed by atoms with Crippen LogP contribution in [-0.4, -0.2) is 34.9 Å². The molecule has 1 atom stereocenters. The third kappa shape index (κ3) is 5.64. The Morgan fingerprint density at radius 3 is 2.95 bits per heavy atom. The Morgan fingerprint density at radius 2 is 2.24 bits per heavy atom. The molecule has 0 saturated carbocycles. The molecule has 0 aliphatic carbocycles. The molecule has 118 valence electrons. The molecule has 1 unspecified atom stereocenters. The topological polar surface area (TPSA) is 45.2 Å². The first kappa shape index (κ1) is 17.9. The monoisotopic (exact) mass is 311 g/mol. The standard InChI is InChI=1S/C16H25N3O.ClH/c1-2-6-16(20)19(13-14-7-3-4-11-18-14)15-8-5-10-17-12-9-15;/h3-4,7,11,15,17H,2,5-6,8-10,12-13H2,1H3;1H. The Balaban J connectivity index is 0.00000220. The van der Waals surface area contributed by atoms with Crippen molar-refractivity contribution in [2.24, 2.45) is 0 Å². The van der Waals surface area contributed by atoms with Crippen molar-refractivity contribution in [2.45, 2.75) is 51.6 Å². The van der Waals surface area contributed by atoms with E-state index in [1.165, 1.54) is 0 Å². The maximum absolute atomic E-state index is 12.4. The van der Waals surface area contributed by atoms with E-state index in [1.807, 2.05) is 18.2 Å². The van der Waals surface area contributed by atoms with E-state index in [9.17, 15) is 4.79 Å². The summed E-state index contributed by atoms with van der Waals surface area (Å²) in [6, 6.07) is 6.25. The number of amides is 1. The van der Waals surface area contributed by atoms with Gasteiger partial charge in [0.05, 0.1) is 12.2 Å². The summed E-state index contributed by atoms with van der Waals surface area (Å²) in [5.74, 6) is 0.269. The number of hydrogen-bond donors (Lipinski definition) is 1. The van der Waals surface area contributed by atoms with Gasteiger partial charge in [0.1, 0.15) is 0 Å². The van der Waals surface area contributed by atoms with Gasteiger partial charge in [-0.15, -0.1) is 12.4 Å². The van der Waals surface area contributed by atoms with Gasteiger partial charge in [-0.25, -0.2) is 0 Å². The van der Waals surface area contributed by atoms with Gasteiger partial charge in [-0.3, -0.25) is 9.78 Å². The molecular formula is C16H26ClN3O. The van der Waals surface area contributed by atoms with E-state index in [-0.39, 0.29) is 18.3 Å². The molecular weight excluding hydrogens is 286 g/mol. The molecule has 1 aliphatic rings. The Labute approximate surface area is 133 Å². The van der Waals surface area contributed by atoms with Gasteiger partial charge in [-0.1, -0.05) is 13.0 Å². The van der Waals surface area contributed by atoms with E-state index in [2.05, 4.69) is 22.1 Å². The summed E-state index contributed by atoms with van der Waals surface area (Å²) in [6.07, 6.45) is 6.62. The maximum Gasteiger partial charge on any atom is 0.223 e. The summed E-state index contributed by atoms with van der Waals surface area (Å²) in [5, 5.41) is 3.41. The Kier molecular flexibility index (Phi) is 8.31. The molecule has 2 rings (SSSR count). The molecule has 0 bridgehead atoms. The summed E-state index contributed by atoms with van der Waals surface area (Å²) in [7, 11) is 0. The average molecular weight is 312 g/mol. The van der Waals surface area contributed by atoms with Crippen LogP contribution in [0.1, 0.15) is 44.7 Å². The molecule has 21 heavy (non-hydrogen) atoms. The number of rotatable bonds is 5. The van der Waals surface area contributed by atoms with Crippen LogP contribution in [0.15, 0.2) is 24.4 Å². The van der Waals surface area contributed by atoms with E-state index in [0.29, 0.717) is 19.0 Å². The van der Waals surface area contributed by atoms with Gasteiger partial charge >= 0.3 is 0 Å². The van der Waals surface area contributed by atoms with Crippen molar-refractivity contribution in [3.8, 4) is 0 Å². The van der Waals surface area contributed by atoms with Crippen LogP contribution in [0.25, 0.3) is 0 Å². The van der Waals surface area contributed by atoms with Crippen molar-refractivity contribution < 1.29 is 4.79 Å². The minimum Gasteiger partial charge on any atom is -0.334 e. The lowest BCUT2D eigenvalue weighted by atomic mass is 10.1. The smallest absolute Gasteiger partial charge is 0.223 e. The van der Waals surface area contributed by atoms with Crippen LogP contribution < -0.4 is 5.32 Å². The lowest BCUT2D eigenvalue weighted by molar-refractivity contribution is -0.134. The van der Waals surface area contributed by atoms with Crippen LogP contribution in [-0.2, 0) is 11.3 Å². The first-order chi connectivity index (χ1) is 9.81. The van der Waals surface area contributed by atoms with Gasteiger partial charge < -0.3 is 10.2 Å². The highest BCUT2D eigenvalue weighted by molar-refractivity contribution is 5.85.